The zero-order valence-corrected chi connectivity index (χ0v) is 12.1. The highest BCUT2D eigenvalue weighted by molar-refractivity contribution is 7.89. The van der Waals surface area contributed by atoms with Crippen LogP contribution in [-0.2, 0) is 10.0 Å². The first-order valence-corrected chi connectivity index (χ1v) is 8.21. The summed E-state index contributed by atoms with van der Waals surface area (Å²) in [5, 5.41) is 3.05. The van der Waals surface area contributed by atoms with E-state index in [0.717, 1.165) is 32.2 Å². The van der Waals surface area contributed by atoms with Gasteiger partial charge in [-0.05, 0) is 39.7 Å². The highest BCUT2D eigenvalue weighted by atomic mass is 32.2. The molecule has 0 aromatic carbocycles. The van der Waals surface area contributed by atoms with Crippen molar-refractivity contribution >= 4 is 10.0 Å². The minimum absolute atomic E-state index is 0.319. The Balaban J connectivity index is 2.65. The number of nitrogens with one attached hydrogen (secondary N) is 1. The monoisotopic (exact) mass is 262 g/mol. The minimum Gasteiger partial charge on any atom is -0.313 e. The minimum atomic E-state index is -3.11. The van der Waals surface area contributed by atoms with Gasteiger partial charge in [0, 0.05) is 19.1 Å². The molecular formula is C12H26N2O2S. The molecule has 0 spiro atoms. The molecule has 1 atom stereocenters. The maximum atomic E-state index is 12.2. The van der Waals surface area contributed by atoms with Crippen LogP contribution >= 0.6 is 0 Å². The fourth-order valence-electron chi connectivity index (χ4n) is 2.11. The Labute approximate surface area is 106 Å². The number of rotatable bonds is 7. The molecule has 1 unspecified atom stereocenters. The highest BCUT2D eigenvalue weighted by Gasteiger charge is 2.28. The van der Waals surface area contributed by atoms with Crippen LogP contribution in [0.2, 0.25) is 0 Å². The van der Waals surface area contributed by atoms with E-state index in [2.05, 4.69) is 12.2 Å². The van der Waals surface area contributed by atoms with E-state index in [1.54, 1.807) is 18.2 Å². The molecule has 0 radical (unpaired) electrons. The summed E-state index contributed by atoms with van der Waals surface area (Å²) in [5.74, 6) is 0. The smallest absolute Gasteiger partial charge is 0.216 e. The topological polar surface area (TPSA) is 49.4 Å². The summed E-state index contributed by atoms with van der Waals surface area (Å²) in [6, 6.07) is 0.348. The summed E-state index contributed by atoms with van der Waals surface area (Å²) in [5.41, 5.74) is 0. The summed E-state index contributed by atoms with van der Waals surface area (Å²) in [4.78, 5) is 0. The summed E-state index contributed by atoms with van der Waals surface area (Å²) in [7, 11) is -3.11. The molecule has 17 heavy (non-hydrogen) atoms. The predicted octanol–water partition coefficient (Wildman–Crippen LogP) is 1.58. The van der Waals surface area contributed by atoms with Crippen LogP contribution in [0.1, 0.15) is 46.5 Å². The Morgan fingerprint density at radius 2 is 2.12 bits per heavy atom. The molecular weight excluding hydrogens is 236 g/mol. The van der Waals surface area contributed by atoms with Crippen LogP contribution < -0.4 is 5.32 Å². The molecule has 1 N–H and O–H groups in total. The second-order valence-electron chi connectivity index (χ2n) is 5.10. The zero-order valence-electron chi connectivity index (χ0n) is 11.3. The van der Waals surface area contributed by atoms with Crippen molar-refractivity contribution in [1.29, 1.82) is 0 Å². The Bertz CT molecular complexity index is 308. The predicted molar refractivity (Wildman–Crippen MR) is 71.6 cm³/mol. The van der Waals surface area contributed by atoms with E-state index >= 15 is 0 Å². The van der Waals surface area contributed by atoms with Crippen LogP contribution in [0.15, 0.2) is 0 Å². The van der Waals surface area contributed by atoms with Crippen LogP contribution in [0.3, 0.4) is 0 Å². The second kappa shape index (κ2) is 6.71. The van der Waals surface area contributed by atoms with E-state index in [4.69, 9.17) is 0 Å². The van der Waals surface area contributed by atoms with E-state index in [1.807, 2.05) is 0 Å². The first kappa shape index (κ1) is 14.9. The fraction of sp³-hybridized carbons (Fsp3) is 1.00. The molecule has 1 fully saturated rings. The molecule has 0 bridgehead atoms. The van der Waals surface area contributed by atoms with Crippen molar-refractivity contribution in [3.63, 3.8) is 0 Å². The number of nitrogens with zero attached hydrogens (tertiary/aromatic N) is 1. The van der Waals surface area contributed by atoms with Gasteiger partial charge in [-0.1, -0.05) is 13.3 Å². The maximum absolute atomic E-state index is 12.2. The number of hydrogen-bond acceptors (Lipinski definition) is 3. The van der Waals surface area contributed by atoms with Gasteiger partial charge in [-0.15, -0.1) is 0 Å². The lowest BCUT2D eigenvalue weighted by Crippen LogP contribution is -2.44. The van der Waals surface area contributed by atoms with Gasteiger partial charge in [-0.2, -0.15) is 0 Å². The van der Waals surface area contributed by atoms with E-state index in [-0.39, 0.29) is 5.25 Å². The fourth-order valence-corrected chi connectivity index (χ4v) is 3.48. The van der Waals surface area contributed by atoms with Crippen LogP contribution in [-0.4, -0.2) is 43.6 Å². The molecule has 0 aromatic heterocycles. The molecule has 0 aliphatic carbocycles. The Kier molecular flexibility index (Phi) is 5.89. The third-order valence-electron chi connectivity index (χ3n) is 3.30. The Hall–Kier alpha value is -0.130. The first-order valence-electron chi connectivity index (χ1n) is 6.70. The van der Waals surface area contributed by atoms with Gasteiger partial charge in [-0.25, -0.2) is 12.7 Å². The van der Waals surface area contributed by atoms with Crippen molar-refractivity contribution in [2.75, 3.05) is 19.6 Å². The first-order chi connectivity index (χ1) is 7.98. The molecule has 1 rings (SSSR count). The molecule has 1 heterocycles. The molecule has 5 heteroatoms. The van der Waals surface area contributed by atoms with Gasteiger partial charge in [0.2, 0.25) is 10.0 Å². The molecule has 1 aliphatic rings. The normalized spacial score (nSPS) is 21.6. The van der Waals surface area contributed by atoms with E-state index in [0.29, 0.717) is 19.1 Å². The highest BCUT2D eigenvalue weighted by Crippen LogP contribution is 2.14. The SMILES string of the molecule is CCCCN(CC1CCCN1)S(=O)(=O)C(C)C. The number of hydrogen-bond donors (Lipinski definition) is 1. The van der Waals surface area contributed by atoms with Gasteiger partial charge in [-0.3, -0.25) is 0 Å². The summed E-state index contributed by atoms with van der Waals surface area (Å²) in [6.45, 7) is 7.93. The number of unbranched alkanes of at least 4 members (excludes halogenated alkanes) is 1. The lowest BCUT2D eigenvalue weighted by atomic mass is 10.2. The average Bonchev–Trinajstić information content (AvgIpc) is 2.76. The number of sulfonamides is 1. The summed E-state index contributed by atoms with van der Waals surface area (Å²) < 4.78 is 26.1. The zero-order chi connectivity index (χ0) is 12.9. The molecule has 0 saturated carbocycles. The van der Waals surface area contributed by atoms with Crippen molar-refractivity contribution in [3.05, 3.63) is 0 Å². The second-order valence-corrected chi connectivity index (χ2v) is 7.59. The largest absolute Gasteiger partial charge is 0.313 e. The van der Waals surface area contributed by atoms with Crippen molar-refractivity contribution in [1.82, 2.24) is 9.62 Å². The van der Waals surface area contributed by atoms with Gasteiger partial charge in [0.15, 0.2) is 0 Å². The quantitative estimate of drug-likeness (QED) is 0.758. The van der Waals surface area contributed by atoms with Gasteiger partial charge in [0.1, 0.15) is 0 Å². The molecule has 0 aromatic rings. The average molecular weight is 262 g/mol. The third kappa shape index (κ3) is 4.23. The molecule has 102 valence electrons. The van der Waals surface area contributed by atoms with E-state index in [1.165, 1.54) is 0 Å². The molecule has 1 aliphatic heterocycles. The summed E-state index contributed by atoms with van der Waals surface area (Å²) in [6.07, 6.45) is 4.23. The van der Waals surface area contributed by atoms with Gasteiger partial charge in [0.25, 0.3) is 0 Å². The summed E-state index contributed by atoms with van der Waals surface area (Å²) >= 11 is 0. The van der Waals surface area contributed by atoms with Crippen molar-refractivity contribution in [2.45, 2.75) is 57.7 Å². The lowest BCUT2D eigenvalue weighted by molar-refractivity contribution is 0.361. The van der Waals surface area contributed by atoms with Crippen LogP contribution in [0.4, 0.5) is 0 Å². The van der Waals surface area contributed by atoms with Crippen LogP contribution in [0.5, 0.6) is 0 Å². The standard InChI is InChI=1S/C12H26N2O2S/c1-4-5-9-14(17(15,16)11(2)3)10-12-7-6-8-13-12/h11-13H,4-10H2,1-3H3. The van der Waals surface area contributed by atoms with Crippen molar-refractivity contribution in [3.8, 4) is 0 Å². The van der Waals surface area contributed by atoms with Crippen molar-refractivity contribution < 1.29 is 8.42 Å². The van der Waals surface area contributed by atoms with Gasteiger partial charge in [0.05, 0.1) is 5.25 Å². The van der Waals surface area contributed by atoms with E-state index < -0.39 is 10.0 Å². The molecule has 0 amide bonds. The van der Waals surface area contributed by atoms with E-state index in [9.17, 15) is 8.42 Å². The van der Waals surface area contributed by atoms with Crippen molar-refractivity contribution in [2.24, 2.45) is 0 Å². The molecule has 4 nitrogen and oxygen atoms in total. The Morgan fingerprint density at radius 1 is 1.41 bits per heavy atom. The van der Waals surface area contributed by atoms with Gasteiger partial charge >= 0.3 is 0 Å². The van der Waals surface area contributed by atoms with Crippen LogP contribution in [0, 0.1) is 0 Å². The lowest BCUT2D eigenvalue weighted by Gasteiger charge is -2.26. The third-order valence-corrected chi connectivity index (χ3v) is 5.55. The van der Waals surface area contributed by atoms with Gasteiger partial charge < -0.3 is 5.32 Å². The van der Waals surface area contributed by atoms with Crippen LogP contribution in [0.25, 0.3) is 0 Å². The Morgan fingerprint density at radius 3 is 2.59 bits per heavy atom. The maximum Gasteiger partial charge on any atom is 0.216 e. The molecule has 1 saturated heterocycles.